The van der Waals surface area contributed by atoms with Crippen molar-refractivity contribution in [3.63, 3.8) is 0 Å². The molecular formula is C14H10FN3. The van der Waals surface area contributed by atoms with Gasteiger partial charge in [-0.15, -0.1) is 0 Å². The van der Waals surface area contributed by atoms with Crippen LogP contribution in [-0.2, 0) is 0 Å². The molecule has 0 aliphatic carbocycles. The minimum atomic E-state index is -0.248. The number of rotatable bonds is 2. The third kappa shape index (κ3) is 1.88. The lowest BCUT2D eigenvalue weighted by atomic mass is 10.0. The maximum atomic E-state index is 12.9. The van der Waals surface area contributed by atoms with E-state index in [1.165, 1.54) is 12.1 Å². The fourth-order valence-electron chi connectivity index (χ4n) is 1.84. The van der Waals surface area contributed by atoms with Gasteiger partial charge >= 0.3 is 0 Å². The maximum Gasteiger partial charge on any atom is 0.123 e. The lowest BCUT2D eigenvalue weighted by Gasteiger charge is -2.02. The Kier molecular flexibility index (Phi) is 2.61. The third-order valence-electron chi connectivity index (χ3n) is 2.72. The Morgan fingerprint density at radius 1 is 1.00 bits per heavy atom. The van der Waals surface area contributed by atoms with E-state index in [9.17, 15) is 4.39 Å². The molecule has 0 atom stereocenters. The van der Waals surface area contributed by atoms with Gasteiger partial charge in [-0.05, 0) is 29.8 Å². The molecule has 1 aromatic carbocycles. The first-order chi connectivity index (χ1) is 8.84. The summed E-state index contributed by atoms with van der Waals surface area (Å²) in [7, 11) is 0. The molecule has 0 radical (unpaired) electrons. The van der Waals surface area contributed by atoms with E-state index < -0.39 is 0 Å². The Hall–Kier alpha value is -2.49. The van der Waals surface area contributed by atoms with Crippen molar-refractivity contribution in [2.45, 2.75) is 0 Å². The first-order valence-corrected chi connectivity index (χ1v) is 5.55. The van der Waals surface area contributed by atoms with Gasteiger partial charge in [-0.1, -0.05) is 18.2 Å². The number of H-pyrrole nitrogens is 1. The van der Waals surface area contributed by atoms with Crippen LogP contribution in [0.1, 0.15) is 0 Å². The van der Waals surface area contributed by atoms with Crippen molar-refractivity contribution < 1.29 is 4.39 Å². The molecular weight excluding hydrogens is 229 g/mol. The highest BCUT2D eigenvalue weighted by molar-refractivity contribution is 5.78. The average Bonchev–Trinajstić information content (AvgIpc) is 2.90. The van der Waals surface area contributed by atoms with Crippen LogP contribution in [0.25, 0.3) is 22.5 Å². The van der Waals surface area contributed by atoms with Gasteiger partial charge in [0.2, 0.25) is 0 Å². The highest BCUT2D eigenvalue weighted by Crippen LogP contribution is 2.28. The molecule has 0 fully saturated rings. The molecule has 0 saturated carbocycles. The number of nitrogens with one attached hydrogen (secondary N) is 1. The topological polar surface area (TPSA) is 41.6 Å². The minimum Gasteiger partial charge on any atom is -0.276 e. The second-order valence-corrected chi connectivity index (χ2v) is 3.88. The standard InChI is InChI=1S/C14H10FN3/c15-11-6-4-10(5-7-11)12-9-17-18-14(12)13-3-1-2-8-16-13/h1-9H,(H,17,18). The van der Waals surface area contributed by atoms with Crippen molar-refractivity contribution in [1.29, 1.82) is 0 Å². The van der Waals surface area contributed by atoms with Crippen LogP contribution >= 0.6 is 0 Å². The van der Waals surface area contributed by atoms with Crippen LogP contribution in [-0.4, -0.2) is 15.2 Å². The maximum absolute atomic E-state index is 12.9. The number of benzene rings is 1. The Morgan fingerprint density at radius 2 is 1.83 bits per heavy atom. The molecule has 0 bridgehead atoms. The summed E-state index contributed by atoms with van der Waals surface area (Å²) in [5.41, 5.74) is 3.47. The second kappa shape index (κ2) is 4.41. The molecule has 0 unspecified atom stereocenters. The van der Waals surface area contributed by atoms with E-state index in [0.717, 1.165) is 22.5 Å². The fraction of sp³-hybridized carbons (Fsp3) is 0. The number of hydrogen-bond donors (Lipinski definition) is 1. The Balaban J connectivity index is 2.10. The van der Waals surface area contributed by atoms with E-state index in [4.69, 9.17) is 0 Å². The molecule has 3 nitrogen and oxygen atoms in total. The summed E-state index contributed by atoms with van der Waals surface area (Å²) in [6, 6.07) is 12.0. The zero-order chi connectivity index (χ0) is 12.4. The van der Waals surface area contributed by atoms with Gasteiger partial charge in [-0.25, -0.2) is 4.39 Å². The van der Waals surface area contributed by atoms with Gasteiger partial charge < -0.3 is 0 Å². The Labute approximate surface area is 103 Å². The lowest BCUT2D eigenvalue weighted by molar-refractivity contribution is 0.628. The molecule has 1 N–H and O–H groups in total. The van der Waals surface area contributed by atoms with E-state index in [-0.39, 0.29) is 5.82 Å². The van der Waals surface area contributed by atoms with Crippen LogP contribution in [0, 0.1) is 5.82 Å². The number of nitrogens with zero attached hydrogens (tertiary/aromatic N) is 2. The zero-order valence-electron chi connectivity index (χ0n) is 9.47. The molecule has 2 heterocycles. The number of pyridine rings is 1. The lowest BCUT2D eigenvalue weighted by Crippen LogP contribution is -1.85. The molecule has 4 heteroatoms. The molecule has 3 aromatic rings. The highest BCUT2D eigenvalue weighted by Gasteiger charge is 2.10. The number of aromatic nitrogens is 3. The van der Waals surface area contributed by atoms with Gasteiger partial charge in [0, 0.05) is 11.8 Å². The highest BCUT2D eigenvalue weighted by atomic mass is 19.1. The minimum absolute atomic E-state index is 0.248. The van der Waals surface area contributed by atoms with Crippen molar-refractivity contribution in [2.75, 3.05) is 0 Å². The molecule has 88 valence electrons. The van der Waals surface area contributed by atoms with Gasteiger partial charge in [-0.2, -0.15) is 5.10 Å². The molecule has 0 spiro atoms. The average molecular weight is 239 g/mol. The first-order valence-electron chi connectivity index (χ1n) is 5.55. The Morgan fingerprint density at radius 3 is 2.56 bits per heavy atom. The smallest absolute Gasteiger partial charge is 0.123 e. The van der Waals surface area contributed by atoms with Crippen molar-refractivity contribution in [1.82, 2.24) is 15.2 Å². The van der Waals surface area contributed by atoms with E-state index in [0.29, 0.717) is 0 Å². The monoisotopic (exact) mass is 239 g/mol. The van der Waals surface area contributed by atoms with Gasteiger partial charge in [0.05, 0.1) is 17.6 Å². The molecule has 0 amide bonds. The summed E-state index contributed by atoms with van der Waals surface area (Å²) in [4.78, 5) is 4.28. The van der Waals surface area contributed by atoms with Crippen LogP contribution in [0.3, 0.4) is 0 Å². The molecule has 0 aliphatic heterocycles. The van der Waals surface area contributed by atoms with Crippen LogP contribution in [0.15, 0.2) is 54.9 Å². The molecule has 0 aliphatic rings. The number of halogens is 1. The van der Waals surface area contributed by atoms with Crippen molar-refractivity contribution in [3.05, 3.63) is 60.7 Å². The summed E-state index contributed by atoms with van der Waals surface area (Å²) in [6.45, 7) is 0. The van der Waals surface area contributed by atoms with E-state index >= 15 is 0 Å². The molecule has 2 aromatic heterocycles. The zero-order valence-corrected chi connectivity index (χ0v) is 9.47. The molecule has 0 saturated heterocycles. The molecule has 18 heavy (non-hydrogen) atoms. The van der Waals surface area contributed by atoms with Gasteiger partial charge in [-0.3, -0.25) is 10.1 Å². The summed E-state index contributed by atoms with van der Waals surface area (Å²) in [5.74, 6) is -0.248. The predicted molar refractivity (Wildman–Crippen MR) is 67.2 cm³/mol. The van der Waals surface area contributed by atoms with E-state index in [2.05, 4.69) is 15.2 Å². The van der Waals surface area contributed by atoms with Crippen LogP contribution in [0.2, 0.25) is 0 Å². The summed E-state index contributed by atoms with van der Waals surface area (Å²) >= 11 is 0. The first kappa shape index (κ1) is 10.7. The molecule has 3 rings (SSSR count). The SMILES string of the molecule is Fc1ccc(-c2cn[nH]c2-c2ccccn2)cc1. The third-order valence-corrected chi connectivity index (χ3v) is 2.72. The van der Waals surface area contributed by atoms with Crippen molar-refractivity contribution in [3.8, 4) is 22.5 Å². The quantitative estimate of drug-likeness (QED) is 0.745. The number of aromatic amines is 1. The van der Waals surface area contributed by atoms with Crippen LogP contribution in [0.5, 0.6) is 0 Å². The fourth-order valence-corrected chi connectivity index (χ4v) is 1.84. The van der Waals surface area contributed by atoms with Crippen LogP contribution < -0.4 is 0 Å². The van der Waals surface area contributed by atoms with E-state index in [1.807, 2.05) is 18.2 Å². The van der Waals surface area contributed by atoms with Crippen molar-refractivity contribution >= 4 is 0 Å². The van der Waals surface area contributed by atoms with Crippen LogP contribution in [0.4, 0.5) is 4.39 Å². The van der Waals surface area contributed by atoms with E-state index in [1.54, 1.807) is 24.5 Å². The summed E-state index contributed by atoms with van der Waals surface area (Å²) in [5, 5.41) is 6.97. The predicted octanol–water partition coefficient (Wildman–Crippen LogP) is 3.28. The summed E-state index contributed by atoms with van der Waals surface area (Å²) in [6.07, 6.45) is 3.45. The largest absolute Gasteiger partial charge is 0.276 e. The Bertz CT molecular complexity index is 644. The summed E-state index contributed by atoms with van der Waals surface area (Å²) < 4.78 is 12.9. The normalized spacial score (nSPS) is 10.5. The second-order valence-electron chi connectivity index (χ2n) is 3.88. The van der Waals surface area contributed by atoms with Gasteiger partial charge in [0.1, 0.15) is 5.82 Å². The van der Waals surface area contributed by atoms with Crippen molar-refractivity contribution in [2.24, 2.45) is 0 Å². The van der Waals surface area contributed by atoms with Gasteiger partial charge in [0.25, 0.3) is 0 Å². The number of hydrogen-bond acceptors (Lipinski definition) is 2. The van der Waals surface area contributed by atoms with Gasteiger partial charge in [0.15, 0.2) is 0 Å².